The van der Waals surface area contributed by atoms with Crippen molar-refractivity contribution in [3.05, 3.63) is 12.2 Å². The minimum atomic E-state index is 0.578. The Morgan fingerprint density at radius 1 is 1.45 bits per heavy atom. The average Bonchev–Trinajstić information content (AvgIpc) is 1.84. The van der Waals surface area contributed by atoms with Crippen LogP contribution in [0.3, 0.4) is 0 Å². The zero-order valence-corrected chi connectivity index (χ0v) is 7.85. The molecule has 0 saturated heterocycles. The molecule has 3 aliphatic rings. The van der Waals surface area contributed by atoms with Crippen LogP contribution in [0.2, 0.25) is 0 Å². The van der Waals surface area contributed by atoms with E-state index >= 15 is 0 Å². The summed E-state index contributed by atoms with van der Waals surface area (Å²) in [5.74, 6) is 2.73. The van der Waals surface area contributed by atoms with Crippen LogP contribution in [0.5, 0.6) is 0 Å². The maximum Gasteiger partial charge on any atom is -0.0149 e. The van der Waals surface area contributed by atoms with Gasteiger partial charge in [0.05, 0.1) is 0 Å². The van der Waals surface area contributed by atoms with Crippen LogP contribution in [0.25, 0.3) is 0 Å². The summed E-state index contributed by atoms with van der Waals surface area (Å²) in [4.78, 5) is 0. The molecular weight excluding hydrogens is 132 g/mol. The van der Waals surface area contributed by atoms with Gasteiger partial charge in [0.25, 0.3) is 0 Å². The van der Waals surface area contributed by atoms with E-state index in [1.807, 2.05) is 0 Å². The SMILES string of the molecule is C=C1CC(C)C2CC1C2(C)C. The molecule has 0 amide bonds. The summed E-state index contributed by atoms with van der Waals surface area (Å²) in [6.45, 7) is 11.4. The fraction of sp³-hybridized carbons (Fsp3) is 0.818. The first-order valence-electron chi connectivity index (χ1n) is 4.71. The van der Waals surface area contributed by atoms with E-state index in [-0.39, 0.29) is 0 Å². The van der Waals surface area contributed by atoms with E-state index in [1.54, 1.807) is 0 Å². The fourth-order valence-electron chi connectivity index (χ4n) is 3.32. The smallest absolute Gasteiger partial charge is 0.0149 e. The van der Waals surface area contributed by atoms with E-state index in [0.717, 1.165) is 17.8 Å². The molecule has 3 rings (SSSR count). The molecule has 0 heteroatoms. The van der Waals surface area contributed by atoms with Gasteiger partial charge in [0.15, 0.2) is 0 Å². The van der Waals surface area contributed by atoms with E-state index in [1.165, 1.54) is 18.4 Å². The molecule has 3 atom stereocenters. The summed E-state index contributed by atoms with van der Waals surface area (Å²) in [7, 11) is 0. The van der Waals surface area contributed by atoms with Gasteiger partial charge in [-0.3, -0.25) is 0 Å². The van der Waals surface area contributed by atoms with Crippen LogP contribution in [-0.2, 0) is 0 Å². The van der Waals surface area contributed by atoms with Gasteiger partial charge in [-0.05, 0) is 36.0 Å². The lowest BCUT2D eigenvalue weighted by molar-refractivity contribution is -0.0623. The molecular formula is C11H18. The molecule has 62 valence electrons. The summed E-state index contributed by atoms with van der Waals surface area (Å²) >= 11 is 0. The van der Waals surface area contributed by atoms with Gasteiger partial charge in [-0.15, -0.1) is 0 Å². The predicted molar refractivity (Wildman–Crippen MR) is 48.3 cm³/mol. The normalized spacial score (nSPS) is 46.8. The molecule has 3 saturated carbocycles. The fourth-order valence-corrected chi connectivity index (χ4v) is 3.32. The summed E-state index contributed by atoms with van der Waals surface area (Å²) in [5, 5.41) is 0. The highest BCUT2D eigenvalue weighted by Gasteiger charge is 2.54. The van der Waals surface area contributed by atoms with Gasteiger partial charge < -0.3 is 0 Å². The van der Waals surface area contributed by atoms with Gasteiger partial charge >= 0.3 is 0 Å². The van der Waals surface area contributed by atoms with E-state index < -0.39 is 0 Å². The van der Waals surface area contributed by atoms with Gasteiger partial charge in [0, 0.05) is 0 Å². The van der Waals surface area contributed by atoms with Crippen molar-refractivity contribution in [2.45, 2.75) is 33.6 Å². The zero-order chi connectivity index (χ0) is 8.22. The molecule has 0 aliphatic heterocycles. The van der Waals surface area contributed by atoms with Crippen molar-refractivity contribution in [2.24, 2.45) is 23.2 Å². The maximum absolute atomic E-state index is 4.18. The first-order chi connectivity index (χ1) is 5.03. The molecule has 0 aromatic heterocycles. The molecule has 3 aliphatic carbocycles. The Hall–Kier alpha value is -0.260. The number of fused-ring (bicyclic) bond motifs is 2. The third-order valence-electron chi connectivity index (χ3n) is 4.11. The lowest BCUT2D eigenvalue weighted by Crippen LogP contribution is -2.52. The maximum atomic E-state index is 4.18. The minimum absolute atomic E-state index is 0.578. The second-order valence-corrected chi connectivity index (χ2v) is 5.06. The third kappa shape index (κ3) is 0.758. The second kappa shape index (κ2) is 1.91. The molecule has 0 spiro atoms. The van der Waals surface area contributed by atoms with E-state index in [4.69, 9.17) is 0 Å². The molecule has 0 radical (unpaired) electrons. The monoisotopic (exact) mass is 150 g/mol. The Kier molecular flexibility index (Phi) is 1.28. The van der Waals surface area contributed by atoms with Crippen LogP contribution in [0, 0.1) is 23.2 Å². The predicted octanol–water partition coefficient (Wildman–Crippen LogP) is 3.24. The Bertz CT molecular complexity index is 200. The van der Waals surface area contributed by atoms with Crippen molar-refractivity contribution in [2.75, 3.05) is 0 Å². The molecule has 11 heavy (non-hydrogen) atoms. The highest BCUT2D eigenvalue weighted by molar-refractivity contribution is 5.20. The van der Waals surface area contributed by atoms with Crippen LogP contribution >= 0.6 is 0 Å². The zero-order valence-electron chi connectivity index (χ0n) is 7.85. The molecule has 0 nitrogen and oxygen atoms in total. The first kappa shape index (κ1) is 7.39. The molecule has 0 aromatic rings. The van der Waals surface area contributed by atoms with E-state index in [0.29, 0.717) is 5.41 Å². The molecule has 3 fully saturated rings. The number of rotatable bonds is 0. The standard InChI is InChI=1S/C11H18/c1-7-5-8(2)10-6-9(7)11(10,3)4/h8-10H,1,5-6H2,2-4H3. The summed E-state index contributed by atoms with van der Waals surface area (Å²) in [6.07, 6.45) is 2.71. The topological polar surface area (TPSA) is 0 Å². The molecule has 3 unspecified atom stereocenters. The van der Waals surface area contributed by atoms with Crippen molar-refractivity contribution in [3.63, 3.8) is 0 Å². The van der Waals surface area contributed by atoms with Crippen LogP contribution in [0.1, 0.15) is 33.6 Å². The van der Waals surface area contributed by atoms with Gasteiger partial charge in [-0.2, -0.15) is 0 Å². The van der Waals surface area contributed by atoms with Crippen LogP contribution in [0.4, 0.5) is 0 Å². The minimum Gasteiger partial charge on any atom is -0.0996 e. The van der Waals surface area contributed by atoms with Crippen molar-refractivity contribution >= 4 is 0 Å². The van der Waals surface area contributed by atoms with Crippen molar-refractivity contribution < 1.29 is 0 Å². The van der Waals surface area contributed by atoms with Crippen molar-refractivity contribution in [1.29, 1.82) is 0 Å². The van der Waals surface area contributed by atoms with Crippen LogP contribution in [-0.4, -0.2) is 0 Å². The number of allylic oxidation sites excluding steroid dienone is 1. The van der Waals surface area contributed by atoms with Gasteiger partial charge in [-0.25, -0.2) is 0 Å². The van der Waals surface area contributed by atoms with Gasteiger partial charge in [-0.1, -0.05) is 32.9 Å². The molecule has 0 heterocycles. The summed E-state index contributed by atoms with van der Waals surface area (Å²) in [6, 6.07) is 0. The first-order valence-corrected chi connectivity index (χ1v) is 4.71. The quantitative estimate of drug-likeness (QED) is 0.465. The average molecular weight is 150 g/mol. The lowest BCUT2D eigenvalue weighted by atomic mass is 9.45. The van der Waals surface area contributed by atoms with Crippen LogP contribution in [0.15, 0.2) is 12.2 Å². The van der Waals surface area contributed by atoms with Crippen molar-refractivity contribution in [3.8, 4) is 0 Å². The molecule has 0 aromatic carbocycles. The summed E-state index contributed by atoms with van der Waals surface area (Å²) in [5.41, 5.74) is 2.10. The van der Waals surface area contributed by atoms with E-state index in [9.17, 15) is 0 Å². The second-order valence-electron chi connectivity index (χ2n) is 5.06. The number of hydrogen-bond donors (Lipinski definition) is 0. The van der Waals surface area contributed by atoms with Gasteiger partial charge in [0.2, 0.25) is 0 Å². The van der Waals surface area contributed by atoms with E-state index in [2.05, 4.69) is 27.4 Å². The highest BCUT2D eigenvalue weighted by atomic mass is 14.6. The lowest BCUT2D eigenvalue weighted by Gasteiger charge is -2.60. The Balaban J connectivity index is 2.26. The number of hydrogen-bond acceptors (Lipinski definition) is 0. The van der Waals surface area contributed by atoms with Crippen molar-refractivity contribution in [1.82, 2.24) is 0 Å². The Morgan fingerprint density at radius 3 is 2.45 bits per heavy atom. The van der Waals surface area contributed by atoms with Gasteiger partial charge in [0.1, 0.15) is 0 Å². The Morgan fingerprint density at radius 2 is 2.09 bits per heavy atom. The highest BCUT2D eigenvalue weighted by Crippen LogP contribution is 2.62. The summed E-state index contributed by atoms with van der Waals surface area (Å²) < 4.78 is 0. The third-order valence-corrected chi connectivity index (χ3v) is 4.11. The molecule has 2 bridgehead atoms. The molecule has 0 N–H and O–H groups in total. The Labute approximate surface area is 69.7 Å². The van der Waals surface area contributed by atoms with Crippen LogP contribution < -0.4 is 0 Å². The largest absolute Gasteiger partial charge is 0.0996 e.